The van der Waals surface area contributed by atoms with Crippen molar-refractivity contribution in [1.29, 1.82) is 5.26 Å². The summed E-state index contributed by atoms with van der Waals surface area (Å²) in [7, 11) is 0. The molecule has 6 heteroatoms. The van der Waals surface area contributed by atoms with Crippen LogP contribution in [0.15, 0.2) is 24.3 Å². The second-order valence-electron chi connectivity index (χ2n) is 4.21. The van der Waals surface area contributed by atoms with Gasteiger partial charge >= 0.3 is 6.18 Å². The molecule has 20 heavy (non-hydrogen) atoms. The van der Waals surface area contributed by atoms with Gasteiger partial charge in [0.05, 0.1) is 17.2 Å². The van der Waals surface area contributed by atoms with Crippen molar-refractivity contribution in [3.8, 4) is 6.07 Å². The van der Waals surface area contributed by atoms with Crippen molar-refractivity contribution in [2.45, 2.75) is 26.4 Å². The number of carbonyl (C=O) groups is 1. The Balaban J connectivity index is 3.47. The maximum Gasteiger partial charge on any atom is 0.418 e. The molecule has 1 rings (SSSR count). The Morgan fingerprint density at radius 3 is 2.45 bits per heavy atom. The van der Waals surface area contributed by atoms with E-state index < -0.39 is 23.2 Å². The number of hydrogen-bond donors (Lipinski definition) is 1. The molecule has 0 heterocycles. The monoisotopic (exact) mass is 282 g/mol. The van der Waals surface area contributed by atoms with Crippen molar-refractivity contribution >= 4 is 11.6 Å². The summed E-state index contributed by atoms with van der Waals surface area (Å²) < 4.78 is 39.2. The van der Waals surface area contributed by atoms with Crippen molar-refractivity contribution in [3.05, 3.63) is 41.0 Å². The van der Waals surface area contributed by atoms with Crippen molar-refractivity contribution in [1.82, 2.24) is 0 Å². The summed E-state index contributed by atoms with van der Waals surface area (Å²) in [6, 6.07) is 3.88. The molecule has 3 nitrogen and oxygen atoms in total. The van der Waals surface area contributed by atoms with Crippen LogP contribution in [-0.2, 0) is 17.4 Å². The lowest BCUT2D eigenvalue weighted by atomic mass is 9.97. The maximum absolute atomic E-state index is 13.1. The van der Waals surface area contributed by atoms with Crippen molar-refractivity contribution in [2.75, 3.05) is 5.32 Å². The molecule has 1 N–H and O–H groups in total. The number of benzene rings is 1. The summed E-state index contributed by atoms with van der Waals surface area (Å²) in [6.07, 6.45) is -4.61. The Bertz CT molecular complexity index is 598. The minimum Gasteiger partial charge on any atom is -0.322 e. The van der Waals surface area contributed by atoms with Crippen LogP contribution in [0.1, 0.15) is 30.5 Å². The Morgan fingerprint density at radius 2 is 2.05 bits per heavy atom. The van der Waals surface area contributed by atoms with Crippen LogP contribution in [0, 0.1) is 11.3 Å². The third-order valence-corrected chi connectivity index (χ3v) is 2.71. The molecule has 0 unspecified atom stereocenters. The van der Waals surface area contributed by atoms with E-state index in [2.05, 4.69) is 11.9 Å². The minimum absolute atomic E-state index is 0.0379. The van der Waals surface area contributed by atoms with Crippen molar-refractivity contribution in [2.24, 2.45) is 0 Å². The van der Waals surface area contributed by atoms with E-state index in [-0.39, 0.29) is 23.2 Å². The van der Waals surface area contributed by atoms with Gasteiger partial charge in [0.2, 0.25) is 0 Å². The molecule has 0 atom stereocenters. The highest BCUT2D eigenvalue weighted by molar-refractivity contribution is 6.03. The van der Waals surface area contributed by atoms with Crippen LogP contribution in [0.5, 0.6) is 0 Å². The second kappa shape index (κ2) is 5.78. The zero-order valence-corrected chi connectivity index (χ0v) is 11.1. The largest absolute Gasteiger partial charge is 0.418 e. The Hall–Kier alpha value is -2.29. The third-order valence-electron chi connectivity index (χ3n) is 2.71. The third kappa shape index (κ3) is 3.18. The fraction of sp³-hybridized carbons (Fsp3) is 0.286. The molecular formula is C14H13F3N2O. The lowest BCUT2D eigenvalue weighted by molar-refractivity contribution is -0.138. The average molecular weight is 282 g/mol. The van der Waals surface area contributed by atoms with E-state index in [0.29, 0.717) is 0 Å². The topological polar surface area (TPSA) is 52.9 Å². The van der Waals surface area contributed by atoms with Gasteiger partial charge in [-0.15, -0.1) is 0 Å². The summed E-state index contributed by atoms with van der Waals surface area (Å²) >= 11 is 0. The molecule has 0 radical (unpaired) electrons. The number of alkyl halides is 3. The number of nitrogens with one attached hydrogen (secondary N) is 1. The molecule has 0 aromatic heterocycles. The summed E-state index contributed by atoms with van der Waals surface area (Å²) in [6.45, 7) is 6.41. The zero-order chi connectivity index (χ0) is 15.5. The van der Waals surface area contributed by atoms with Gasteiger partial charge < -0.3 is 5.32 Å². The van der Waals surface area contributed by atoms with Gasteiger partial charge in [0.1, 0.15) is 0 Å². The highest BCUT2D eigenvalue weighted by atomic mass is 19.4. The predicted octanol–water partition coefficient (Wildman–Crippen LogP) is 3.65. The van der Waals surface area contributed by atoms with E-state index in [1.165, 1.54) is 26.0 Å². The van der Waals surface area contributed by atoms with Crippen LogP contribution in [-0.4, -0.2) is 5.91 Å². The number of rotatable bonds is 3. The van der Waals surface area contributed by atoms with E-state index in [4.69, 9.17) is 5.26 Å². The Kier molecular flexibility index (Phi) is 4.56. The fourth-order valence-electron chi connectivity index (χ4n) is 1.78. The molecule has 1 aromatic carbocycles. The number of halogens is 3. The lowest BCUT2D eigenvalue weighted by Crippen LogP contribution is -2.17. The zero-order valence-electron chi connectivity index (χ0n) is 11.1. The first-order valence-electron chi connectivity index (χ1n) is 5.82. The van der Waals surface area contributed by atoms with Crippen molar-refractivity contribution < 1.29 is 18.0 Å². The molecule has 0 spiro atoms. The highest BCUT2D eigenvalue weighted by Crippen LogP contribution is 2.38. The number of nitrogens with zero attached hydrogens (tertiary/aromatic N) is 1. The molecule has 0 aliphatic rings. The number of nitriles is 1. The molecule has 0 saturated carbocycles. The van der Waals surface area contributed by atoms with Gasteiger partial charge in [0.15, 0.2) is 0 Å². The summed E-state index contributed by atoms with van der Waals surface area (Å²) in [4.78, 5) is 11.5. The quantitative estimate of drug-likeness (QED) is 0.860. The van der Waals surface area contributed by atoms with Gasteiger partial charge in [-0.05, 0) is 31.0 Å². The standard InChI is InChI=1S/C14H13F3N2O/c1-4-10-11(19-13(20)8(2)3)6-5-9(7-18)12(10)14(15,16)17/h5-6H,2,4H2,1,3H3,(H,19,20). The molecule has 1 amide bonds. The smallest absolute Gasteiger partial charge is 0.322 e. The van der Waals surface area contributed by atoms with E-state index in [9.17, 15) is 18.0 Å². The van der Waals surface area contributed by atoms with E-state index in [1.54, 1.807) is 0 Å². The minimum atomic E-state index is -4.65. The molecule has 106 valence electrons. The SMILES string of the molecule is C=C(C)C(=O)Nc1ccc(C#N)c(C(F)(F)F)c1CC. The molecule has 0 fully saturated rings. The van der Waals surface area contributed by atoms with Gasteiger partial charge in [-0.25, -0.2) is 0 Å². The first-order chi connectivity index (χ1) is 9.22. The number of carbonyl (C=O) groups excluding carboxylic acids is 1. The first kappa shape index (κ1) is 15.8. The number of hydrogen-bond acceptors (Lipinski definition) is 2. The van der Waals surface area contributed by atoms with Gasteiger partial charge in [-0.3, -0.25) is 4.79 Å². The predicted molar refractivity (Wildman–Crippen MR) is 69.0 cm³/mol. The molecule has 0 aliphatic heterocycles. The Labute approximate surface area is 114 Å². The van der Waals surface area contributed by atoms with Crippen LogP contribution in [0.25, 0.3) is 0 Å². The summed E-state index contributed by atoms with van der Waals surface area (Å²) in [5.74, 6) is -0.558. The van der Waals surface area contributed by atoms with Crippen LogP contribution < -0.4 is 5.32 Å². The molecule has 0 saturated heterocycles. The van der Waals surface area contributed by atoms with Gasteiger partial charge in [0, 0.05) is 11.3 Å². The van der Waals surface area contributed by atoms with Gasteiger partial charge in [0.25, 0.3) is 5.91 Å². The van der Waals surface area contributed by atoms with Gasteiger partial charge in [-0.1, -0.05) is 13.5 Å². The van der Waals surface area contributed by atoms with Gasteiger partial charge in [-0.2, -0.15) is 18.4 Å². The van der Waals surface area contributed by atoms with Crippen LogP contribution in [0.2, 0.25) is 0 Å². The van der Waals surface area contributed by atoms with Crippen LogP contribution in [0.4, 0.5) is 18.9 Å². The molecule has 1 aromatic rings. The maximum atomic E-state index is 13.1. The number of amides is 1. The molecule has 0 aliphatic carbocycles. The summed E-state index contributed by atoms with van der Waals surface area (Å²) in [5, 5.41) is 11.2. The average Bonchev–Trinajstić information content (AvgIpc) is 2.36. The first-order valence-corrected chi connectivity index (χ1v) is 5.82. The van der Waals surface area contributed by atoms with E-state index in [1.807, 2.05) is 0 Å². The molecular weight excluding hydrogens is 269 g/mol. The van der Waals surface area contributed by atoms with Crippen molar-refractivity contribution in [3.63, 3.8) is 0 Å². The van der Waals surface area contributed by atoms with Crippen LogP contribution >= 0.6 is 0 Å². The summed E-state index contributed by atoms with van der Waals surface area (Å²) in [5.41, 5.74) is -1.33. The number of anilines is 1. The highest BCUT2D eigenvalue weighted by Gasteiger charge is 2.37. The van der Waals surface area contributed by atoms with E-state index in [0.717, 1.165) is 6.07 Å². The molecule has 0 bridgehead atoms. The normalized spacial score (nSPS) is 10.8. The fourth-order valence-corrected chi connectivity index (χ4v) is 1.78. The van der Waals surface area contributed by atoms with Crippen LogP contribution in [0.3, 0.4) is 0 Å². The second-order valence-corrected chi connectivity index (χ2v) is 4.21. The lowest BCUT2D eigenvalue weighted by Gasteiger charge is -2.18. The van der Waals surface area contributed by atoms with E-state index >= 15 is 0 Å². The Morgan fingerprint density at radius 1 is 1.45 bits per heavy atom.